The molecule has 11 aromatic rings. The Morgan fingerprint density at radius 3 is 1.28 bits per heavy atom. The Balaban J connectivity index is 0.968. The second-order valence-corrected chi connectivity index (χ2v) is 14.5. The SMILES string of the molecule is Cc1cc(-c2nc(-c3ccccc3)nc(-c3ccccc3)n2)ccc1-c1ccc(-n2c3ccccc3c3cc(-n4c5ccccc5c5ccccc54)ccc32)cc1. The Bertz CT molecular complexity index is 3180. The van der Waals surface area contributed by atoms with Crippen molar-refractivity contribution in [1.82, 2.24) is 24.1 Å². The van der Waals surface area contributed by atoms with E-state index in [0.29, 0.717) is 17.5 Å². The predicted molar refractivity (Wildman–Crippen MR) is 235 cm³/mol. The molecule has 11 rings (SSSR count). The monoisotopic (exact) mass is 729 g/mol. The average Bonchev–Trinajstić information content (AvgIpc) is 3.79. The summed E-state index contributed by atoms with van der Waals surface area (Å²) >= 11 is 0. The first-order chi connectivity index (χ1) is 28.2. The van der Waals surface area contributed by atoms with Gasteiger partial charge in [-0.1, -0.05) is 140 Å². The molecule has 0 atom stereocenters. The second-order valence-electron chi connectivity index (χ2n) is 14.5. The summed E-state index contributed by atoms with van der Waals surface area (Å²) in [7, 11) is 0. The molecule has 5 nitrogen and oxygen atoms in total. The van der Waals surface area contributed by atoms with E-state index in [1.54, 1.807) is 0 Å². The molecule has 0 aliphatic carbocycles. The van der Waals surface area contributed by atoms with E-state index in [1.807, 2.05) is 60.7 Å². The van der Waals surface area contributed by atoms with Gasteiger partial charge < -0.3 is 9.13 Å². The van der Waals surface area contributed by atoms with Crippen molar-refractivity contribution in [3.05, 3.63) is 200 Å². The highest BCUT2D eigenvalue weighted by Gasteiger charge is 2.17. The van der Waals surface area contributed by atoms with Gasteiger partial charge >= 0.3 is 0 Å². The summed E-state index contributed by atoms with van der Waals surface area (Å²) in [4.78, 5) is 14.8. The van der Waals surface area contributed by atoms with Crippen LogP contribution in [0.5, 0.6) is 0 Å². The largest absolute Gasteiger partial charge is 0.309 e. The number of rotatable bonds is 6. The number of nitrogens with zero attached hydrogens (tertiary/aromatic N) is 5. The van der Waals surface area contributed by atoms with Crippen LogP contribution in [-0.4, -0.2) is 24.1 Å². The van der Waals surface area contributed by atoms with Crippen molar-refractivity contribution in [1.29, 1.82) is 0 Å². The minimum Gasteiger partial charge on any atom is -0.309 e. The minimum atomic E-state index is 0.653. The smallest absolute Gasteiger partial charge is 0.164 e. The lowest BCUT2D eigenvalue weighted by atomic mass is 9.98. The molecule has 0 amide bonds. The minimum absolute atomic E-state index is 0.653. The van der Waals surface area contributed by atoms with Crippen LogP contribution in [0.4, 0.5) is 0 Å². The maximum atomic E-state index is 4.95. The molecule has 0 fully saturated rings. The van der Waals surface area contributed by atoms with E-state index in [2.05, 4.69) is 150 Å². The van der Waals surface area contributed by atoms with Gasteiger partial charge in [-0.05, 0) is 78.2 Å². The van der Waals surface area contributed by atoms with Crippen molar-refractivity contribution in [2.45, 2.75) is 6.92 Å². The van der Waals surface area contributed by atoms with E-state index < -0.39 is 0 Å². The maximum Gasteiger partial charge on any atom is 0.164 e. The summed E-state index contributed by atoms with van der Waals surface area (Å²) in [6, 6.07) is 68.6. The van der Waals surface area contributed by atoms with Crippen molar-refractivity contribution < 1.29 is 0 Å². The lowest BCUT2D eigenvalue weighted by molar-refractivity contribution is 1.07. The summed E-state index contributed by atoms with van der Waals surface area (Å²) in [6.07, 6.45) is 0. The molecule has 3 aromatic heterocycles. The number of hydrogen-bond donors (Lipinski definition) is 0. The molecular formula is C52H35N5. The van der Waals surface area contributed by atoms with Crippen molar-refractivity contribution in [3.8, 4) is 56.7 Å². The molecule has 3 heterocycles. The van der Waals surface area contributed by atoms with Crippen LogP contribution in [0.25, 0.3) is 100 Å². The number of hydrogen-bond acceptors (Lipinski definition) is 3. The molecule has 0 radical (unpaired) electrons. The fourth-order valence-corrected chi connectivity index (χ4v) is 8.43. The van der Waals surface area contributed by atoms with Gasteiger partial charge in [0.1, 0.15) is 0 Å². The molecule has 0 saturated carbocycles. The zero-order valence-electron chi connectivity index (χ0n) is 31.2. The van der Waals surface area contributed by atoms with Gasteiger partial charge in [-0.25, -0.2) is 15.0 Å². The lowest BCUT2D eigenvalue weighted by Gasteiger charge is -2.13. The second kappa shape index (κ2) is 13.3. The quantitative estimate of drug-likeness (QED) is 0.171. The summed E-state index contributed by atoms with van der Waals surface area (Å²) < 4.78 is 4.78. The van der Waals surface area contributed by atoms with Gasteiger partial charge in [0.15, 0.2) is 17.5 Å². The molecule has 5 heteroatoms. The standard InChI is InChI=1S/C52H35N5/c1-34-32-38(52-54-50(36-14-4-2-5-15-36)53-51(55-52)37-16-6-3-7-17-37)26-30-41(34)35-24-27-39(28-25-35)56-48-23-13-10-20-44(48)45-33-40(29-31-49(45)56)57-46-21-11-8-18-42(46)43-19-9-12-22-47(43)57/h2-33H,1H3. The van der Waals surface area contributed by atoms with Gasteiger partial charge in [0.25, 0.3) is 0 Å². The van der Waals surface area contributed by atoms with E-state index in [0.717, 1.165) is 39.2 Å². The fourth-order valence-electron chi connectivity index (χ4n) is 8.43. The van der Waals surface area contributed by atoms with Gasteiger partial charge in [-0.3, -0.25) is 0 Å². The van der Waals surface area contributed by atoms with E-state index in [9.17, 15) is 0 Å². The van der Waals surface area contributed by atoms with Gasteiger partial charge in [-0.2, -0.15) is 0 Å². The highest BCUT2D eigenvalue weighted by molar-refractivity contribution is 6.12. The van der Waals surface area contributed by atoms with E-state index in [1.165, 1.54) is 49.2 Å². The molecule has 8 aromatic carbocycles. The maximum absolute atomic E-state index is 4.95. The molecule has 0 bridgehead atoms. The van der Waals surface area contributed by atoms with Crippen molar-refractivity contribution in [2.24, 2.45) is 0 Å². The van der Waals surface area contributed by atoms with Crippen LogP contribution < -0.4 is 0 Å². The molecule has 0 unspecified atom stereocenters. The van der Waals surface area contributed by atoms with Crippen LogP contribution in [0.3, 0.4) is 0 Å². The normalized spacial score (nSPS) is 11.6. The molecular weight excluding hydrogens is 695 g/mol. The van der Waals surface area contributed by atoms with E-state index in [4.69, 9.17) is 15.0 Å². The van der Waals surface area contributed by atoms with E-state index >= 15 is 0 Å². The fraction of sp³-hybridized carbons (Fsp3) is 0.0192. The van der Waals surface area contributed by atoms with Gasteiger partial charge in [-0.15, -0.1) is 0 Å². The first-order valence-corrected chi connectivity index (χ1v) is 19.3. The summed E-state index contributed by atoms with van der Waals surface area (Å²) in [5.74, 6) is 1.97. The molecule has 0 aliphatic rings. The van der Waals surface area contributed by atoms with Crippen LogP contribution in [-0.2, 0) is 0 Å². The third-order valence-corrected chi connectivity index (χ3v) is 11.1. The summed E-state index contributed by atoms with van der Waals surface area (Å²) in [5, 5.41) is 4.99. The molecule has 0 saturated heterocycles. The lowest BCUT2D eigenvalue weighted by Crippen LogP contribution is -2.00. The third-order valence-electron chi connectivity index (χ3n) is 11.1. The van der Waals surface area contributed by atoms with Crippen LogP contribution in [0, 0.1) is 6.92 Å². The molecule has 0 aliphatic heterocycles. The number of aromatic nitrogens is 5. The highest BCUT2D eigenvalue weighted by Crippen LogP contribution is 2.38. The Labute approximate surface area is 329 Å². The van der Waals surface area contributed by atoms with Gasteiger partial charge in [0.2, 0.25) is 0 Å². The topological polar surface area (TPSA) is 48.5 Å². The van der Waals surface area contributed by atoms with E-state index in [-0.39, 0.29) is 0 Å². The van der Waals surface area contributed by atoms with Crippen LogP contribution >= 0.6 is 0 Å². The molecule has 268 valence electrons. The summed E-state index contributed by atoms with van der Waals surface area (Å²) in [6.45, 7) is 2.16. The predicted octanol–water partition coefficient (Wildman–Crippen LogP) is 13.0. The highest BCUT2D eigenvalue weighted by atomic mass is 15.0. The van der Waals surface area contributed by atoms with Crippen molar-refractivity contribution in [3.63, 3.8) is 0 Å². The van der Waals surface area contributed by atoms with Gasteiger partial charge in [0.05, 0.1) is 22.1 Å². The molecule has 0 N–H and O–H groups in total. The zero-order valence-corrected chi connectivity index (χ0v) is 31.2. The van der Waals surface area contributed by atoms with Crippen molar-refractivity contribution in [2.75, 3.05) is 0 Å². The number of fused-ring (bicyclic) bond motifs is 6. The summed E-state index contributed by atoms with van der Waals surface area (Å²) in [5.41, 5.74) is 13.4. The first-order valence-electron chi connectivity index (χ1n) is 19.3. The third kappa shape index (κ3) is 5.51. The van der Waals surface area contributed by atoms with Crippen LogP contribution in [0.15, 0.2) is 194 Å². The Morgan fingerprint density at radius 2 is 0.737 bits per heavy atom. The van der Waals surface area contributed by atoms with Crippen LogP contribution in [0.1, 0.15) is 5.56 Å². The molecule has 0 spiro atoms. The Kier molecular flexibility index (Phi) is 7.64. The number of para-hydroxylation sites is 3. The Hall–Kier alpha value is -7.63. The van der Waals surface area contributed by atoms with Crippen molar-refractivity contribution >= 4 is 43.6 Å². The zero-order chi connectivity index (χ0) is 37.9. The first kappa shape index (κ1) is 32.8. The Morgan fingerprint density at radius 1 is 0.316 bits per heavy atom. The number of aryl methyl sites for hydroxylation is 1. The van der Waals surface area contributed by atoms with Crippen LogP contribution in [0.2, 0.25) is 0 Å². The van der Waals surface area contributed by atoms with Gasteiger partial charge in [0, 0.05) is 49.6 Å². The average molecular weight is 730 g/mol. The molecule has 57 heavy (non-hydrogen) atoms. The number of benzene rings is 8.